The number of hydrogen-bond acceptors (Lipinski definition) is 3. The third kappa shape index (κ3) is 2.26. The summed E-state index contributed by atoms with van der Waals surface area (Å²) in [6.45, 7) is 5.45. The largest absolute Gasteiger partial charge is 0.462 e. The molecule has 1 aliphatic heterocycles. The molecule has 0 unspecified atom stereocenters. The van der Waals surface area contributed by atoms with Crippen LogP contribution < -0.4 is 0 Å². The van der Waals surface area contributed by atoms with Gasteiger partial charge < -0.3 is 9.32 Å². The third-order valence-corrected chi connectivity index (χ3v) is 3.92. The number of hydrogen-bond donors (Lipinski definition) is 0. The summed E-state index contributed by atoms with van der Waals surface area (Å²) in [7, 11) is 2.17. The Morgan fingerprint density at radius 3 is 2.78 bits per heavy atom. The van der Waals surface area contributed by atoms with Gasteiger partial charge in [0.05, 0.1) is 11.3 Å². The van der Waals surface area contributed by atoms with Crippen molar-refractivity contribution in [1.29, 1.82) is 0 Å². The van der Waals surface area contributed by atoms with Crippen LogP contribution in [0.2, 0.25) is 5.02 Å². The maximum atomic E-state index is 6.12. The first-order valence-corrected chi connectivity index (χ1v) is 6.67. The summed E-state index contributed by atoms with van der Waals surface area (Å²) in [5.41, 5.74) is 2.04. The van der Waals surface area contributed by atoms with Crippen LogP contribution in [0.1, 0.15) is 5.56 Å². The second-order valence-corrected chi connectivity index (χ2v) is 5.36. The number of nitrogens with zero attached hydrogens (tertiary/aromatic N) is 2. The molecule has 0 bridgehead atoms. The van der Waals surface area contributed by atoms with Crippen LogP contribution in [0.15, 0.2) is 28.9 Å². The molecule has 4 heteroatoms. The molecular formula is C14H17ClN2O. The Morgan fingerprint density at radius 1 is 1.22 bits per heavy atom. The van der Waals surface area contributed by atoms with Gasteiger partial charge in [0, 0.05) is 43.7 Å². The summed E-state index contributed by atoms with van der Waals surface area (Å²) >= 11 is 6.12. The molecule has 18 heavy (non-hydrogen) atoms. The van der Waals surface area contributed by atoms with Crippen molar-refractivity contribution in [2.75, 3.05) is 33.2 Å². The second-order valence-electron chi connectivity index (χ2n) is 4.96. The molecule has 2 aromatic rings. The molecule has 0 saturated carbocycles. The Bertz CT molecular complexity index is 544. The lowest BCUT2D eigenvalue weighted by atomic mass is 10.1. The smallest absolute Gasteiger partial charge is 0.152 e. The maximum absolute atomic E-state index is 6.12. The van der Waals surface area contributed by atoms with E-state index < -0.39 is 0 Å². The highest BCUT2D eigenvalue weighted by Gasteiger charge is 2.16. The molecule has 0 N–H and O–H groups in total. The van der Waals surface area contributed by atoms with Gasteiger partial charge in [0.25, 0.3) is 0 Å². The molecule has 3 nitrogen and oxygen atoms in total. The normalized spacial score (nSPS) is 18.6. The molecule has 2 heterocycles. The standard InChI is InChI=1S/C14H17ClN2O/c1-16-5-7-17(8-6-16)9-11-10-18-14-12(11)3-2-4-13(14)15/h2-4,10H,5-9H2,1H3. The minimum Gasteiger partial charge on any atom is -0.462 e. The number of benzene rings is 1. The first kappa shape index (κ1) is 12.0. The molecule has 0 atom stereocenters. The zero-order chi connectivity index (χ0) is 12.5. The summed E-state index contributed by atoms with van der Waals surface area (Å²) in [4.78, 5) is 4.83. The molecular weight excluding hydrogens is 248 g/mol. The number of halogens is 1. The average molecular weight is 265 g/mol. The van der Waals surface area contributed by atoms with E-state index in [0.717, 1.165) is 43.7 Å². The summed E-state index contributed by atoms with van der Waals surface area (Å²) < 4.78 is 5.57. The zero-order valence-electron chi connectivity index (χ0n) is 10.5. The lowest BCUT2D eigenvalue weighted by molar-refractivity contribution is 0.148. The summed E-state index contributed by atoms with van der Waals surface area (Å²) in [6, 6.07) is 5.93. The van der Waals surface area contributed by atoms with Crippen LogP contribution >= 0.6 is 11.6 Å². The van der Waals surface area contributed by atoms with Gasteiger partial charge in [0.2, 0.25) is 0 Å². The highest BCUT2D eigenvalue weighted by atomic mass is 35.5. The van der Waals surface area contributed by atoms with Crippen LogP contribution in [0.4, 0.5) is 0 Å². The Morgan fingerprint density at radius 2 is 2.00 bits per heavy atom. The molecule has 1 aromatic carbocycles. The predicted molar refractivity (Wildman–Crippen MR) is 74.0 cm³/mol. The van der Waals surface area contributed by atoms with E-state index >= 15 is 0 Å². The zero-order valence-corrected chi connectivity index (χ0v) is 11.3. The monoisotopic (exact) mass is 264 g/mol. The van der Waals surface area contributed by atoms with E-state index in [1.807, 2.05) is 18.4 Å². The lowest BCUT2D eigenvalue weighted by Gasteiger charge is -2.32. The van der Waals surface area contributed by atoms with Crippen molar-refractivity contribution in [3.63, 3.8) is 0 Å². The van der Waals surface area contributed by atoms with Crippen LogP contribution in [0.3, 0.4) is 0 Å². The van der Waals surface area contributed by atoms with E-state index in [4.69, 9.17) is 16.0 Å². The number of para-hydroxylation sites is 1. The van der Waals surface area contributed by atoms with Gasteiger partial charge in [-0.15, -0.1) is 0 Å². The van der Waals surface area contributed by atoms with E-state index in [1.54, 1.807) is 0 Å². The van der Waals surface area contributed by atoms with Gasteiger partial charge in [0.1, 0.15) is 0 Å². The van der Waals surface area contributed by atoms with Gasteiger partial charge in [-0.05, 0) is 13.1 Å². The van der Waals surface area contributed by atoms with Crippen LogP contribution in [0.25, 0.3) is 11.0 Å². The van der Waals surface area contributed by atoms with Gasteiger partial charge in [-0.2, -0.15) is 0 Å². The molecule has 0 amide bonds. The van der Waals surface area contributed by atoms with Crippen molar-refractivity contribution in [3.05, 3.63) is 35.0 Å². The summed E-state index contributed by atoms with van der Waals surface area (Å²) in [5, 5.41) is 1.83. The number of fused-ring (bicyclic) bond motifs is 1. The van der Waals surface area contributed by atoms with Gasteiger partial charge >= 0.3 is 0 Å². The fraction of sp³-hybridized carbons (Fsp3) is 0.429. The van der Waals surface area contributed by atoms with Gasteiger partial charge in [-0.3, -0.25) is 4.90 Å². The van der Waals surface area contributed by atoms with E-state index in [-0.39, 0.29) is 0 Å². The molecule has 0 aliphatic carbocycles. The van der Waals surface area contributed by atoms with E-state index in [2.05, 4.69) is 22.9 Å². The summed E-state index contributed by atoms with van der Waals surface area (Å²) in [6.07, 6.45) is 1.84. The fourth-order valence-electron chi connectivity index (χ4n) is 2.44. The Kier molecular flexibility index (Phi) is 3.29. The molecule has 0 radical (unpaired) electrons. The topological polar surface area (TPSA) is 19.6 Å². The first-order valence-electron chi connectivity index (χ1n) is 6.29. The van der Waals surface area contributed by atoms with Crippen molar-refractivity contribution >= 4 is 22.6 Å². The third-order valence-electron chi connectivity index (χ3n) is 3.62. The number of furan rings is 1. The van der Waals surface area contributed by atoms with Crippen LogP contribution in [0.5, 0.6) is 0 Å². The molecule has 1 saturated heterocycles. The SMILES string of the molecule is CN1CCN(Cc2coc3c(Cl)cccc23)CC1. The number of piperazine rings is 1. The number of rotatable bonds is 2. The van der Waals surface area contributed by atoms with Crippen molar-refractivity contribution in [2.24, 2.45) is 0 Å². The van der Waals surface area contributed by atoms with Crippen LogP contribution in [-0.4, -0.2) is 43.0 Å². The van der Waals surface area contributed by atoms with E-state index in [9.17, 15) is 0 Å². The quantitative estimate of drug-likeness (QED) is 0.832. The average Bonchev–Trinajstić information content (AvgIpc) is 2.77. The highest BCUT2D eigenvalue weighted by Crippen LogP contribution is 2.28. The maximum Gasteiger partial charge on any atom is 0.152 e. The molecule has 1 aromatic heterocycles. The highest BCUT2D eigenvalue weighted by molar-refractivity contribution is 6.34. The first-order chi connectivity index (χ1) is 8.74. The Labute approximate surface area is 112 Å². The molecule has 1 aliphatic rings. The van der Waals surface area contributed by atoms with E-state index in [0.29, 0.717) is 5.02 Å². The Balaban J connectivity index is 1.81. The minimum absolute atomic E-state index is 0.692. The van der Waals surface area contributed by atoms with Gasteiger partial charge in [-0.1, -0.05) is 23.7 Å². The van der Waals surface area contributed by atoms with Crippen LogP contribution in [-0.2, 0) is 6.54 Å². The van der Waals surface area contributed by atoms with Crippen molar-refractivity contribution in [2.45, 2.75) is 6.54 Å². The lowest BCUT2D eigenvalue weighted by Crippen LogP contribution is -2.43. The van der Waals surface area contributed by atoms with Gasteiger partial charge in [-0.25, -0.2) is 0 Å². The van der Waals surface area contributed by atoms with Gasteiger partial charge in [0.15, 0.2) is 5.58 Å². The minimum atomic E-state index is 0.692. The second kappa shape index (κ2) is 4.92. The van der Waals surface area contributed by atoms with E-state index in [1.165, 1.54) is 5.56 Å². The Hall–Kier alpha value is -1.03. The van der Waals surface area contributed by atoms with Crippen LogP contribution in [0, 0.1) is 0 Å². The van der Waals surface area contributed by atoms with Crippen molar-refractivity contribution < 1.29 is 4.42 Å². The molecule has 0 spiro atoms. The van der Waals surface area contributed by atoms with Crippen molar-refractivity contribution in [3.8, 4) is 0 Å². The molecule has 96 valence electrons. The fourth-order valence-corrected chi connectivity index (χ4v) is 2.66. The molecule has 3 rings (SSSR count). The van der Waals surface area contributed by atoms with Crippen molar-refractivity contribution in [1.82, 2.24) is 9.80 Å². The molecule has 1 fully saturated rings. The number of likely N-dealkylation sites (N-methyl/N-ethyl adjacent to an activating group) is 1. The predicted octanol–water partition coefficient (Wildman–Crippen LogP) is 2.83. The summed E-state index contributed by atoms with van der Waals surface area (Å²) in [5.74, 6) is 0.